The van der Waals surface area contributed by atoms with Crippen LogP contribution in [0.15, 0.2) is 12.3 Å². The highest BCUT2D eigenvalue weighted by atomic mass is 32.2. The van der Waals surface area contributed by atoms with Crippen LogP contribution < -0.4 is 11.1 Å². The van der Waals surface area contributed by atoms with Gasteiger partial charge >= 0.3 is 0 Å². The molecule has 1 saturated heterocycles. The Labute approximate surface area is 114 Å². The summed E-state index contributed by atoms with van der Waals surface area (Å²) >= 11 is 0. The van der Waals surface area contributed by atoms with Crippen LogP contribution in [0.25, 0.3) is 0 Å². The number of aromatic nitrogens is 1. The lowest BCUT2D eigenvalue weighted by Gasteiger charge is -2.26. The Kier molecular flexibility index (Phi) is 4.10. The van der Waals surface area contributed by atoms with E-state index in [9.17, 15) is 8.42 Å². The number of hydrogen-bond acceptors (Lipinski definition) is 5. The molecule has 106 valence electrons. The minimum atomic E-state index is -2.89. The quantitative estimate of drug-likeness (QED) is 0.863. The summed E-state index contributed by atoms with van der Waals surface area (Å²) in [6.45, 7) is 4.77. The van der Waals surface area contributed by atoms with Crippen LogP contribution in [0.1, 0.15) is 30.5 Å². The molecule has 0 bridgehead atoms. The van der Waals surface area contributed by atoms with Crippen molar-refractivity contribution < 1.29 is 8.42 Å². The molecular weight excluding hydrogens is 262 g/mol. The van der Waals surface area contributed by atoms with Gasteiger partial charge in [0.15, 0.2) is 9.84 Å². The number of nitrogens with one attached hydrogen (secondary N) is 1. The Morgan fingerprint density at radius 2 is 2.32 bits per heavy atom. The van der Waals surface area contributed by atoms with Gasteiger partial charge in [-0.05, 0) is 37.4 Å². The van der Waals surface area contributed by atoms with Gasteiger partial charge in [0.25, 0.3) is 0 Å². The zero-order chi connectivity index (χ0) is 14.0. The molecule has 0 aliphatic carbocycles. The van der Waals surface area contributed by atoms with Crippen molar-refractivity contribution >= 4 is 15.7 Å². The highest BCUT2D eigenvalue weighted by molar-refractivity contribution is 7.91. The third-order valence-corrected chi connectivity index (χ3v) is 5.51. The third-order valence-electron chi connectivity index (χ3n) is 3.71. The maximum atomic E-state index is 11.7. The molecule has 0 aromatic carbocycles. The molecule has 1 aromatic rings. The summed E-state index contributed by atoms with van der Waals surface area (Å²) in [5.74, 6) is 1.09. The molecule has 0 saturated carbocycles. The van der Waals surface area contributed by atoms with E-state index in [0.717, 1.165) is 17.7 Å². The second-order valence-electron chi connectivity index (χ2n) is 5.13. The van der Waals surface area contributed by atoms with Crippen molar-refractivity contribution in [2.45, 2.75) is 26.3 Å². The average molecular weight is 283 g/mol. The van der Waals surface area contributed by atoms with Crippen LogP contribution in [0.4, 0.5) is 5.82 Å². The van der Waals surface area contributed by atoms with Crippen molar-refractivity contribution in [2.75, 3.05) is 23.8 Å². The molecule has 19 heavy (non-hydrogen) atoms. The average Bonchev–Trinajstić information content (AvgIpc) is 2.68. The van der Waals surface area contributed by atoms with Gasteiger partial charge < -0.3 is 11.1 Å². The summed E-state index contributed by atoms with van der Waals surface area (Å²) in [7, 11) is -2.89. The van der Waals surface area contributed by atoms with E-state index in [-0.39, 0.29) is 23.5 Å². The van der Waals surface area contributed by atoms with Gasteiger partial charge in [-0.2, -0.15) is 0 Å². The number of nitrogen functional groups attached to an aromatic ring is 1. The molecule has 1 aliphatic rings. The highest BCUT2D eigenvalue weighted by Gasteiger charge is 2.35. The van der Waals surface area contributed by atoms with Gasteiger partial charge in [0.05, 0.1) is 11.5 Å². The topological polar surface area (TPSA) is 85.1 Å². The number of sulfone groups is 1. The molecule has 2 heterocycles. The molecule has 2 rings (SSSR count). The fraction of sp³-hybridized carbons (Fsp3) is 0.615. The van der Waals surface area contributed by atoms with Crippen molar-refractivity contribution in [1.82, 2.24) is 10.3 Å². The normalized spacial score (nSPS) is 23.4. The van der Waals surface area contributed by atoms with E-state index in [1.54, 1.807) is 6.20 Å². The first kappa shape index (κ1) is 14.3. The van der Waals surface area contributed by atoms with Crippen LogP contribution in [0.5, 0.6) is 0 Å². The number of aryl methyl sites for hydroxylation is 1. The van der Waals surface area contributed by atoms with Crippen LogP contribution in [0.2, 0.25) is 0 Å². The number of hydrogen-bond donors (Lipinski definition) is 2. The van der Waals surface area contributed by atoms with Gasteiger partial charge in [-0.1, -0.05) is 6.92 Å². The Hall–Kier alpha value is -1.14. The van der Waals surface area contributed by atoms with Crippen LogP contribution in [-0.4, -0.2) is 31.5 Å². The van der Waals surface area contributed by atoms with E-state index in [0.29, 0.717) is 12.2 Å². The fourth-order valence-electron chi connectivity index (χ4n) is 2.81. The molecule has 3 N–H and O–H groups in total. The Morgan fingerprint density at radius 1 is 1.58 bits per heavy atom. The lowest BCUT2D eigenvalue weighted by atomic mass is 9.90. The number of nitrogens with two attached hydrogens (primary N) is 1. The number of nitrogens with zero attached hydrogens (tertiary/aromatic N) is 1. The first-order chi connectivity index (χ1) is 8.94. The molecule has 1 fully saturated rings. The second kappa shape index (κ2) is 5.46. The zero-order valence-electron chi connectivity index (χ0n) is 11.4. The van der Waals surface area contributed by atoms with Crippen LogP contribution in [0.3, 0.4) is 0 Å². The van der Waals surface area contributed by atoms with Crippen molar-refractivity contribution in [3.63, 3.8) is 0 Å². The summed E-state index contributed by atoms with van der Waals surface area (Å²) in [6.07, 6.45) is 2.37. The molecule has 0 spiro atoms. The second-order valence-corrected chi connectivity index (χ2v) is 7.35. The van der Waals surface area contributed by atoms with Crippen LogP contribution in [-0.2, 0) is 9.84 Å². The SMILES string of the molecule is CCNC(c1c(C)ccnc1N)C1CCS(=O)(=O)C1. The van der Waals surface area contributed by atoms with Gasteiger partial charge in [-0.15, -0.1) is 0 Å². The Morgan fingerprint density at radius 3 is 2.84 bits per heavy atom. The summed E-state index contributed by atoms with van der Waals surface area (Å²) in [4.78, 5) is 4.14. The van der Waals surface area contributed by atoms with Gasteiger partial charge in [-0.3, -0.25) is 0 Å². The largest absolute Gasteiger partial charge is 0.383 e. The van der Waals surface area contributed by atoms with E-state index in [4.69, 9.17) is 5.73 Å². The van der Waals surface area contributed by atoms with E-state index in [1.807, 2.05) is 19.9 Å². The molecule has 0 amide bonds. The van der Waals surface area contributed by atoms with Gasteiger partial charge in [0, 0.05) is 17.8 Å². The maximum Gasteiger partial charge on any atom is 0.150 e. The van der Waals surface area contributed by atoms with E-state index in [1.165, 1.54) is 0 Å². The third kappa shape index (κ3) is 3.06. The van der Waals surface area contributed by atoms with Crippen molar-refractivity contribution in [3.8, 4) is 0 Å². The predicted octanol–water partition coefficient (Wildman–Crippen LogP) is 1.06. The highest BCUT2D eigenvalue weighted by Crippen LogP contribution is 2.34. The van der Waals surface area contributed by atoms with Gasteiger partial charge in [-0.25, -0.2) is 13.4 Å². The molecule has 6 heteroatoms. The minimum absolute atomic E-state index is 0.0315. The monoisotopic (exact) mass is 283 g/mol. The molecule has 2 unspecified atom stereocenters. The van der Waals surface area contributed by atoms with E-state index >= 15 is 0 Å². The van der Waals surface area contributed by atoms with Crippen LogP contribution >= 0.6 is 0 Å². The van der Waals surface area contributed by atoms with Gasteiger partial charge in [0.1, 0.15) is 5.82 Å². The van der Waals surface area contributed by atoms with E-state index in [2.05, 4.69) is 10.3 Å². The Bertz CT molecular complexity index is 537. The van der Waals surface area contributed by atoms with Crippen molar-refractivity contribution in [3.05, 3.63) is 23.4 Å². The Balaban J connectivity index is 2.36. The lowest BCUT2D eigenvalue weighted by Crippen LogP contribution is -2.30. The standard InChI is InChI=1S/C13H21N3O2S/c1-3-15-12(10-5-7-19(17,18)8-10)11-9(2)4-6-16-13(11)14/h4,6,10,12,15H,3,5,7-8H2,1-2H3,(H2,14,16). The summed E-state index contributed by atoms with van der Waals surface area (Å²) in [6, 6.07) is 1.88. The zero-order valence-corrected chi connectivity index (χ0v) is 12.2. The number of anilines is 1. The fourth-order valence-corrected chi connectivity index (χ4v) is 4.65. The minimum Gasteiger partial charge on any atom is -0.383 e. The molecule has 0 radical (unpaired) electrons. The molecule has 2 atom stereocenters. The molecular formula is C13H21N3O2S. The molecule has 1 aliphatic heterocycles. The smallest absolute Gasteiger partial charge is 0.150 e. The van der Waals surface area contributed by atoms with Crippen LogP contribution in [0, 0.1) is 12.8 Å². The summed E-state index contributed by atoms with van der Waals surface area (Å²) in [5.41, 5.74) is 8.00. The first-order valence-corrected chi connectivity index (χ1v) is 8.41. The van der Waals surface area contributed by atoms with E-state index < -0.39 is 9.84 Å². The van der Waals surface area contributed by atoms with Crippen molar-refractivity contribution in [1.29, 1.82) is 0 Å². The first-order valence-electron chi connectivity index (χ1n) is 6.59. The predicted molar refractivity (Wildman–Crippen MR) is 76.6 cm³/mol. The molecule has 5 nitrogen and oxygen atoms in total. The number of rotatable bonds is 4. The number of pyridine rings is 1. The summed E-state index contributed by atoms with van der Waals surface area (Å²) in [5, 5.41) is 3.38. The van der Waals surface area contributed by atoms with Gasteiger partial charge in [0.2, 0.25) is 0 Å². The van der Waals surface area contributed by atoms with Crippen molar-refractivity contribution in [2.24, 2.45) is 5.92 Å². The molecule has 1 aromatic heterocycles. The lowest BCUT2D eigenvalue weighted by molar-refractivity contribution is 0.399. The maximum absolute atomic E-state index is 11.7. The summed E-state index contributed by atoms with van der Waals surface area (Å²) < 4.78 is 23.4.